The van der Waals surface area contributed by atoms with Crippen LogP contribution in [0.3, 0.4) is 0 Å². The fourth-order valence-electron chi connectivity index (χ4n) is 9.46. The molecule has 0 aromatic heterocycles. The Morgan fingerprint density at radius 2 is 1.52 bits per heavy atom. The zero-order chi connectivity index (χ0) is 21.0. The van der Waals surface area contributed by atoms with Crippen molar-refractivity contribution in [2.75, 3.05) is 0 Å². The summed E-state index contributed by atoms with van der Waals surface area (Å²) in [4.78, 5) is 0. The summed E-state index contributed by atoms with van der Waals surface area (Å²) in [5.41, 5.74) is 0.722. The standard InChI is InChI=1S/C28H50O/c1-19(2)8-7-9-20(3)23-12-13-24-22-11-10-21-18-26(4,29)16-17-27(21,5)25(22)14-15-28(23,24)6/h19-25,29H,7-18H2,1-6H3/t20-,21+,22+,23+,24-,25-,26+,27+,28+/m1/s1. The second-order valence-corrected chi connectivity index (χ2v) is 13.4. The third kappa shape index (κ3) is 3.85. The molecule has 0 unspecified atom stereocenters. The Morgan fingerprint density at radius 3 is 2.24 bits per heavy atom. The largest absolute Gasteiger partial charge is 0.390 e. The van der Waals surface area contributed by atoms with Crippen molar-refractivity contribution in [3.8, 4) is 0 Å². The molecule has 0 heterocycles. The molecule has 4 rings (SSSR count). The molecule has 0 radical (unpaired) electrons. The zero-order valence-corrected chi connectivity index (χ0v) is 20.5. The molecule has 0 spiro atoms. The molecule has 1 N–H and O–H groups in total. The number of hydrogen-bond donors (Lipinski definition) is 1. The first-order valence-electron chi connectivity index (χ1n) is 13.3. The lowest BCUT2D eigenvalue weighted by molar-refractivity contribution is -0.148. The molecule has 4 aliphatic rings. The van der Waals surface area contributed by atoms with Gasteiger partial charge in [0.1, 0.15) is 0 Å². The smallest absolute Gasteiger partial charge is 0.0622 e. The van der Waals surface area contributed by atoms with Gasteiger partial charge in [0.05, 0.1) is 5.60 Å². The average Bonchev–Trinajstić information content (AvgIpc) is 2.99. The molecule has 4 saturated carbocycles. The van der Waals surface area contributed by atoms with E-state index in [-0.39, 0.29) is 0 Å². The molecule has 4 fully saturated rings. The Hall–Kier alpha value is -0.0400. The molecule has 0 aromatic carbocycles. The maximum atomic E-state index is 10.7. The first-order chi connectivity index (χ1) is 13.6. The highest BCUT2D eigenvalue weighted by Gasteiger charge is 2.61. The van der Waals surface area contributed by atoms with Crippen LogP contribution < -0.4 is 0 Å². The van der Waals surface area contributed by atoms with Crippen LogP contribution in [0.2, 0.25) is 0 Å². The molecule has 168 valence electrons. The molecule has 0 saturated heterocycles. The third-order valence-corrected chi connectivity index (χ3v) is 11.2. The molecular formula is C28H50O. The Kier molecular flexibility index (Phi) is 5.98. The predicted molar refractivity (Wildman–Crippen MR) is 124 cm³/mol. The van der Waals surface area contributed by atoms with Crippen molar-refractivity contribution in [2.24, 2.45) is 52.3 Å². The van der Waals surface area contributed by atoms with E-state index < -0.39 is 5.60 Å². The highest BCUT2D eigenvalue weighted by Crippen LogP contribution is 2.68. The fraction of sp³-hybridized carbons (Fsp3) is 1.00. The highest BCUT2D eigenvalue weighted by molar-refractivity contribution is 5.10. The maximum absolute atomic E-state index is 10.7. The van der Waals surface area contributed by atoms with E-state index in [1.807, 2.05) is 0 Å². The van der Waals surface area contributed by atoms with Crippen LogP contribution in [0.15, 0.2) is 0 Å². The van der Waals surface area contributed by atoms with E-state index in [2.05, 4.69) is 41.5 Å². The zero-order valence-electron chi connectivity index (χ0n) is 20.5. The van der Waals surface area contributed by atoms with Gasteiger partial charge in [0, 0.05) is 0 Å². The highest BCUT2D eigenvalue weighted by atomic mass is 16.3. The Bertz CT molecular complexity index is 579. The molecule has 9 atom stereocenters. The van der Waals surface area contributed by atoms with E-state index in [9.17, 15) is 5.11 Å². The summed E-state index contributed by atoms with van der Waals surface area (Å²) in [5, 5.41) is 10.7. The van der Waals surface area contributed by atoms with E-state index in [0.29, 0.717) is 10.8 Å². The van der Waals surface area contributed by atoms with Crippen LogP contribution in [0.25, 0.3) is 0 Å². The van der Waals surface area contributed by atoms with Gasteiger partial charge in [-0.2, -0.15) is 0 Å². The molecule has 0 aliphatic heterocycles. The van der Waals surface area contributed by atoms with Crippen LogP contribution in [0.5, 0.6) is 0 Å². The Labute approximate surface area is 181 Å². The lowest BCUT2D eigenvalue weighted by Crippen LogP contribution is -2.55. The molecule has 0 aromatic rings. The normalized spacial score (nSPS) is 50.7. The van der Waals surface area contributed by atoms with E-state index in [0.717, 1.165) is 54.3 Å². The van der Waals surface area contributed by atoms with E-state index in [1.165, 1.54) is 64.2 Å². The van der Waals surface area contributed by atoms with Gasteiger partial charge in [0.15, 0.2) is 0 Å². The van der Waals surface area contributed by atoms with Crippen LogP contribution in [-0.4, -0.2) is 10.7 Å². The van der Waals surface area contributed by atoms with Crippen molar-refractivity contribution in [1.82, 2.24) is 0 Å². The van der Waals surface area contributed by atoms with Crippen molar-refractivity contribution in [3.05, 3.63) is 0 Å². The topological polar surface area (TPSA) is 20.2 Å². The van der Waals surface area contributed by atoms with Gasteiger partial charge >= 0.3 is 0 Å². The minimum atomic E-state index is -0.399. The van der Waals surface area contributed by atoms with Crippen molar-refractivity contribution in [3.63, 3.8) is 0 Å². The molecule has 0 amide bonds. The summed E-state index contributed by atoms with van der Waals surface area (Å²) in [5.74, 6) is 6.41. The monoisotopic (exact) mass is 402 g/mol. The van der Waals surface area contributed by atoms with E-state index in [4.69, 9.17) is 0 Å². The average molecular weight is 403 g/mol. The number of hydrogen-bond acceptors (Lipinski definition) is 1. The summed E-state index contributed by atoms with van der Waals surface area (Å²) in [7, 11) is 0. The lowest BCUT2D eigenvalue weighted by Gasteiger charge is -2.62. The van der Waals surface area contributed by atoms with Gasteiger partial charge in [-0.25, -0.2) is 0 Å². The van der Waals surface area contributed by atoms with Crippen LogP contribution in [0.4, 0.5) is 0 Å². The van der Waals surface area contributed by atoms with Gasteiger partial charge in [0.2, 0.25) is 0 Å². The summed E-state index contributed by atoms with van der Waals surface area (Å²) < 4.78 is 0. The molecule has 4 aliphatic carbocycles. The van der Waals surface area contributed by atoms with Crippen molar-refractivity contribution >= 4 is 0 Å². The quantitative estimate of drug-likeness (QED) is 0.496. The Morgan fingerprint density at radius 1 is 0.793 bits per heavy atom. The van der Waals surface area contributed by atoms with Crippen molar-refractivity contribution in [2.45, 2.75) is 124 Å². The Balaban J connectivity index is 1.46. The van der Waals surface area contributed by atoms with Gasteiger partial charge in [-0.05, 0) is 117 Å². The van der Waals surface area contributed by atoms with Crippen molar-refractivity contribution < 1.29 is 5.11 Å². The SMILES string of the molecule is CC(C)CCC[C@@H](C)[C@@H]1CC[C@@H]2[C@@H]3CC[C@H]4C[C@@](C)(O)CC[C@]4(C)[C@@H]3CC[C@]21C. The van der Waals surface area contributed by atoms with Crippen LogP contribution >= 0.6 is 0 Å². The minimum absolute atomic E-state index is 0.399. The summed E-state index contributed by atoms with van der Waals surface area (Å²) in [6.45, 7) is 14.8. The molecule has 29 heavy (non-hydrogen) atoms. The van der Waals surface area contributed by atoms with E-state index >= 15 is 0 Å². The second kappa shape index (κ2) is 7.83. The predicted octanol–water partition coefficient (Wildman–Crippen LogP) is 7.86. The molecule has 0 bridgehead atoms. The van der Waals surface area contributed by atoms with E-state index in [1.54, 1.807) is 0 Å². The fourth-order valence-corrected chi connectivity index (χ4v) is 9.46. The first-order valence-corrected chi connectivity index (χ1v) is 13.3. The van der Waals surface area contributed by atoms with Crippen LogP contribution in [0.1, 0.15) is 119 Å². The second-order valence-electron chi connectivity index (χ2n) is 13.4. The van der Waals surface area contributed by atoms with Gasteiger partial charge in [-0.1, -0.05) is 53.9 Å². The number of rotatable bonds is 5. The first kappa shape index (κ1) is 22.2. The van der Waals surface area contributed by atoms with Gasteiger partial charge in [-0.3, -0.25) is 0 Å². The number of fused-ring (bicyclic) bond motifs is 5. The molecule has 1 heteroatoms. The summed E-state index contributed by atoms with van der Waals surface area (Å²) in [6, 6.07) is 0. The third-order valence-electron chi connectivity index (χ3n) is 11.2. The lowest BCUT2D eigenvalue weighted by atomic mass is 9.43. The summed E-state index contributed by atoms with van der Waals surface area (Å²) in [6.07, 6.45) is 16.5. The minimum Gasteiger partial charge on any atom is -0.390 e. The maximum Gasteiger partial charge on any atom is 0.0622 e. The number of aliphatic hydroxyl groups is 1. The van der Waals surface area contributed by atoms with Gasteiger partial charge in [-0.15, -0.1) is 0 Å². The summed E-state index contributed by atoms with van der Waals surface area (Å²) >= 11 is 0. The van der Waals surface area contributed by atoms with Crippen LogP contribution in [-0.2, 0) is 0 Å². The van der Waals surface area contributed by atoms with Gasteiger partial charge < -0.3 is 5.11 Å². The van der Waals surface area contributed by atoms with Crippen molar-refractivity contribution in [1.29, 1.82) is 0 Å². The van der Waals surface area contributed by atoms with Gasteiger partial charge in [0.25, 0.3) is 0 Å². The molecular weight excluding hydrogens is 352 g/mol. The van der Waals surface area contributed by atoms with Crippen LogP contribution in [0, 0.1) is 52.3 Å². The molecule has 1 nitrogen and oxygen atoms in total.